The molecule has 0 aromatic carbocycles. The molecule has 82 valence electrons. The van der Waals surface area contributed by atoms with Gasteiger partial charge in [-0.25, -0.2) is 0 Å². The van der Waals surface area contributed by atoms with Crippen molar-refractivity contribution in [3.05, 3.63) is 0 Å². The van der Waals surface area contributed by atoms with E-state index in [0.29, 0.717) is 13.2 Å². The predicted octanol–water partition coefficient (Wildman–Crippen LogP) is 1.64. The van der Waals surface area contributed by atoms with Gasteiger partial charge in [-0.1, -0.05) is 0 Å². The maximum atomic E-state index is 11.5. The Morgan fingerprint density at radius 2 is 2.36 bits per heavy atom. The molecule has 0 bridgehead atoms. The van der Waals surface area contributed by atoms with E-state index in [4.69, 9.17) is 16.3 Å². The number of carbonyl (C=O) groups excluding carboxylic acids is 1. The minimum absolute atomic E-state index is 0.0380. The van der Waals surface area contributed by atoms with Gasteiger partial charge < -0.3 is 9.64 Å². The molecule has 1 aliphatic rings. The molecule has 0 N–H and O–H groups in total. The Morgan fingerprint density at radius 3 is 3.00 bits per heavy atom. The number of piperidine rings is 1. The Balaban J connectivity index is 2.45. The zero-order valence-electron chi connectivity index (χ0n) is 8.67. The maximum absolute atomic E-state index is 11.5. The Hall–Kier alpha value is -0.280. The largest absolute Gasteiger partial charge is 0.380 e. The Bertz CT molecular complexity index is 187. The van der Waals surface area contributed by atoms with Gasteiger partial charge in [0, 0.05) is 13.2 Å². The second-order valence-corrected chi connectivity index (χ2v) is 3.80. The summed E-state index contributed by atoms with van der Waals surface area (Å²) in [6, 6.07) is 0.245. The lowest BCUT2D eigenvalue weighted by Gasteiger charge is -2.35. The Labute approximate surface area is 90.4 Å². The van der Waals surface area contributed by atoms with Crippen molar-refractivity contribution in [3.63, 3.8) is 0 Å². The molecule has 1 fully saturated rings. The molecule has 0 aliphatic carbocycles. The summed E-state index contributed by atoms with van der Waals surface area (Å²) < 4.78 is 5.36. The van der Waals surface area contributed by atoms with Crippen LogP contribution in [0.25, 0.3) is 0 Å². The SMILES string of the molecule is CCOC[C@@H]1CCCCN1C(=O)CCl. The van der Waals surface area contributed by atoms with E-state index in [0.717, 1.165) is 19.4 Å². The van der Waals surface area contributed by atoms with Gasteiger partial charge in [-0.3, -0.25) is 4.79 Å². The monoisotopic (exact) mass is 219 g/mol. The second kappa shape index (κ2) is 6.25. The molecule has 0 radical (unpaired) electrons. The van der Waals surface area contributed by atoms with Gasteiger partial charge in [-0.05, 0) is 26.2 Å². The normalized spacial score (nSPS) is 22.4. The molecule has 1 amide bonds. The summed E-state index contributed by atoms with van der Waals surface area (Å²) in [7, 11) is 0. The van der Waals surface area contributed by atoms with Crippen molar-refractivity contribution >= 4 is 17.5 Å². The van der Waals surface area contributed by atoms with Crippen LogP contribution in [0.5, 0.6) is 0 Å². The van der Waals surface area contributed by atoms with Crippen molar-refractivity contribution in [1.29, 1.82) is 0 Å². The van der Waals surface area contributed by atoms with Crippen LogP contribution in [0.3, 0.4) is 0 Å². The Kier molecular flexibility index (Phi) is 5.26. The zero-order valence-corrected chi connectivity index (χ0v) is 9.42. The number of rotatable bonds is 4. The summed E-state index contributed by atoms with van der Waals surface area (Å²) in [5.41, 5.74) is 0. The lowest BCUT2D eigenvalue weighted by atomic mass is 10.0. The van der Waals surface area contributed by atoms with Crippen LogP contribution in [0.2, 0.25) is 0 Å². The molecule has 1 rings (SSSR count). The third kappa shape index (κ3) is 3.14. The molecule has 1 atom stereocenters. The minimum atomic E-state index is 0.0380. The minimum Gasteiger partial charge on any atom is -0.380 e. The number of amides is 1. The van der Waals surface area contributed by atoms with E-state index in [1.807, 2.05) is 11.8 Å². The quantitative estimate of drug-likeness (QED) is 0.673. The summed E-state index contributed by atoms with van der Waals surface area (Å²) in [6.07, 6.45) is 3.32. The van der Waals surface area contributed by atoms with Crippen LogP contribution in [0.1, 0.15) is 26.2 Å². The molecule has 0 saturated carbocycles. The first-order valence-corrected chi connectivity index (χ1v) is 5.76. The molecular weight excluding hydrogens is 202 g/mol. The fraction of sp³-hybridized carbons (Fsp3) is 0.900. The van der Waals surface area contributed by atoms with Crippen LogP contribution in [0, 0.1) is 0 Å². The number of likely N-dealkylation sites (tertiary alicyclic amines) is 1. The van der Waals surface area contributed by atoms with Gasteiger partial charge in [0.2, 0.25) is 5.91 Å². The number of hydrogen-bond donors (Lipinski definition) is 0. The summed E-state index contributed by atoms with van der Waals surface area (Å²) in [6.45, 7) is 4.17. The van der Waals surface area contributed by atoms with Crippen molar-refractivity contribution in [3.8, 4) is 0 Å². The molecule has 4 heteroatoms. The number of carbonyl (C=O) groups is 1. The highest BCUT2D eigenvalue weighted by atomic mass is 35.5. The number of hydrogen-bond acceptors (Lipinski definition) is 2. The van der Waals surface area contributed by atoms with E-state index in [1.165, 1.54) is 6.42 Å². The van der Waals surface area contributed by atoms with Crippen molar-refractivity contribution in [1.82, 2.24) is 4.90 Å². The lowest BCUT2D eigenvalue weighted by Crippen LogP contribution is -2.46. The van der Waals surface area contributed by atoms with Crippen LogP contribution >= 0.6 is 11.6 Å². The van der Waals surface area contributed by atoms with Crippen molar-refractivity contribution in [2.75, 3.05) is 25.6 Å². The van der Waals surface area contributed by atoms with E-state index in [2.05, 4.69) is 0 Å². The first-order chi connectivity index (χ1) is 6.79. The topological polar surface area (TPSA) is 29.5 Å². The molecule has 1 saturated heterocycles. The third-order valence-electron chi connectivity index (χ3n) is 2.58. The van der Waals surface area contributed by atoms with Gasteiger partial charge in [-0.15, -0.1) is 11.6 Å². The molecule has 3 nitrogen and oxygen atoms in total. The number of nitrogens with zero attached hydrogens (tertiary/aromatic N) is 1. The van der Waals surface area contributed by atoms with Gasteiger partial charge in [0.1, 0.15) is 5.88 Å². The van der Waals surface area contributed by atoms with Crippen LogP contribution in [-0.4, -0.2) is 42.5 Å². The summed E-state index contributed by atoms with van der Waals surface area (Å²) in [5.74, 6) is 0.124. The van der Waals surface area contributed by atoms with Crippen molar-refractivity contribution in [2.45, 2.75) is 32.2 Å². The van der Waals surface area contributed by atoms with E-state index < -0.39 is 0 Å². The highest BCUT2D eigenvalue weighted by Gasteiger charge is 2.25. The molecule has 1 aliphatic heterocycles. The Morgan fingerprint density at radius 1 is 1.57 bits per heavy atom. The second-order valence-electron chi connectivity index (χ2n) is 3.53. The number of halogens is 1. The molecule has 0 spiro atoms. The third-order valence-corrected chi connectivity index (χ3v) is 2.80. The predicted molar refractivity (Wildman–Crippen MR) is 56.6 cm³/mol. The van der Waals surface area contributed by atoms with E-state index >= 15 is 0 Å². The van der Waals surface area contributed by atoms with Crippen molar-refractivity contribution < 1.29 is 9.53 Å². The van der Waals surface area contributed by atoms with Gasteiger partial charge in [-0.2, -0.15) is 0 Å². The lowest BCUT2D eigenvalue weighted by molar-refractivity contribution is -0.133. The molecule has 1 heterocycles. The van der Waals surface area contributed by atoms with E-state index in [9.17, 15) is 4.79 Å². The first-order valence-electron chi connectivity index (χ1n) is 5.22. The van der Waals surface area contributed by atoms with Crippen LogP contribution in [-0.2, 0) is 9.53 Å². The van der Waals surface area contributed by atoms with Crippen LogP contribution < -0.4 is 0 Å². The molecule has 0 aromatic rings. The maximum Gasteiger partial charge on any atom is 0.237 e. The van der Waals surface area contributed by atoms with Gasteiger partial charge in [0.25, 0.3) is 0 Å². The number of alkyl halides is 1. The average Bonchev–Trinajstić information content (AvgIpc) is 2.25. The van der Waals surface area contributed by atoms with Crippen LogP contribution in [0.4, 0.5) is 0 Å². The smallest absolute Gasteiger partial charge is 0.237 e. The zero-order chi connectivity index (χ0) is 10.4. The van der Waals surface area contributed by atoms with Gasteiger partial charge >= 0.3 is 0 Å². The first kappa shape index (κ1) is 11.8. The number of ether oxygens (including phenoxy) is 1. The fourth-order valence-corrected chi connectivity index (χ4v) is 1.99. The standard InChI is InChI=1S/C10H18ClNO2/c1-2-14-8-9-5-3-4-6-12(9)10(13)7-11/h9H,2-8H2,1H3/t9-/m0/s1. The molecule has 0 unspecified atom stereocenters. The summed E-state index contributed by atoms with van der Waals surface area (Å²) in [5, 5.41) is 0. The highest BCUT2D eigenvalue weighted by molar-refractivity contribution is 6.27. The van der Waals surface area contributed by atoms with Crippen molar-refractivity contribution in [2.24, 2.45) is 0 Å². The molecule has 14 heavy (non-hydrogen) atoms. The molecule has 0 aromatic heterocycles. The van der Waals surface area contributed by atoms with Gasteiger partial charge in [0.05, 0.1) is 12.6 Å². The highest BCUT2D eigenvalue weighted by Crippen LogP contribution is 2.17. The van der Waals surface area contributed by atoms with E-state index in [1.54, 1.807) is 0 Å². The summed E-state index contributed by atoms with van der Waals surface area (Å²) >= 11 is 5.55. The summed E-state index contributed by atoms with van der Waals surface area (Å²) in [4.78, 5) is 13.3. The fourth-order valence-electron chi connectivity index (χ4n) is 1.83. The molecular formula is C10H18ClNO2. The van der Waals surface area contributed by atoms with Gasteiger partial charge in [0.15, 0.2) is 0 Å². The average molecular weight is 220 g/mol. The van der Waals surface area contributed by atoms with Crippen LogP contribution in [0.15, 0.2) is 0 Å². The van der Waals surface area contributed by atoms with E-state index in [-0.39, 0.29) is 17.8 Å².